The number of nitrogens with zero attached hydrogens (tertiary/aromatic N) is 1. The number of hydrogen-bond acceptors (Lipinski definition) is 7. The molecule has 0 bridgehead atoms. The summed E-state index contributed by atoms with van der Waals surface area (Å²) in [6, 6.07) is 1.53. The molecule has 7 N–H and O–H groups in total. The number of phenols is 1. The van der Waals surface area contributed by atoms with E-state index in [9.17, 15) is 34.2 Å². The second-order valence-electron chi connectivity index (χ2n) is 9.22. The average Bonchev–Trinajstić information content (AvgIpc) is 3.31. The number of rotatable bonds is 12. The summed E-state index contributed by atoms with van der Waals surface area (Å²) >= 11 is 0. The van der Waals surface area contributed by atoms with Crippen LogP contribution < -0.4 is 16.4 Å². The number of nitrogens with one attached hydrogen (secondary N) is 2. The zero-order valence-corrected chi connectivity index (χ0v) is 20.3. The van der Waals surface area contributed by atoms with Gasteiger partial charge >= 0.3 is 11.9 Å². The zero-order chi connectivity index (χ0) is 27.0. The number of carbonyl (C=O) groups excluding carboxylic acids is 3. The van der Waals surface area contributed by atoms with Gasteiger partial charge in [-0.2, -0.15) is 0 Å². The minimum Gasteiger partial charge on any atom is -0.508 e. The number of amides is 3. The van der Waals surface area contributed by atoms with E-state index in [1.807, 2.05) is 0 Å². The van der Waals surface area contributed by atoms with Gasteiger partial charge in [0.2, 0.25) is 17.7 Å². The average molecular weight is 507 g/mol. The molecule has 1 heterocycles. The van der Waals surface area contributed by atoms with Crippen LogP contribution in [0.15, 0.2) is 24.3 Å². The van der Waals surface area contributed by atoms with Gasteiger partial charge in [-0.3, -0.25) is 19.2 Å². The van der Waals surface area contributed by atoms with E-state index in [0.717, 1.165) is 0 Å². The lowest BCUT2D eigenvalue weighted by molar-refractivity contribution is -0.149. The molecule has 12 nitrogen and oxygen atoms in total. The first kappa shape index (κ1) is 28.6. The molecular weight excluding hydrogens is 472 g/mol. The van der Waals surface area contributed by atoms with Crippen molar-refractivity contribution in [1.29, 1.82) is 0 Å². The summed E-state index contributed by atoms with van der Waals surface area (Å²) in [7, 11) is 0. The predicted molar refractivity (Wildman–Crippen MR) is 128 cm³/mol. The molecule has 1 aromatic carbocycles. The second kappa shape index (κ2) is 12.9. The minimum atomic E-state index is -1.28. The monoisotopic (exact) mass is 506 g/mol. The van der Waals surface area contributed by atoms with Crippen LogP contribution in [0.5, 0.6) is 5.75 Å². The molecule has 12 heteroatoms. The van der Waals surface area contributed by atoms with Gasteiger partial charge in [-0.25, -0.2) is 4.79 Å². The van der Waals surface area contributed by atoms with E-state index >= 15 is 0 Å². The standard InChI is InChI=1S/C24H34N4O8/c1-13(2)20(25)22(33)26-16(9-10-19(30)31)21(32)27-17(12-14-5-7-15(29)8-6-14)23(34)28-11-3-4-18(28)24(35)36/h5-8,13,16-18,20,29H,3-4,9-12,25H2,1-2H3,(H,26,33)(H,27,32)(H,30,31)(H,35,36). The molecule has 0 saturated carbocycles. The van der Waals surface area contributed by atoms with Crippen LogP contribution >= 0.6 is 0 Å². The van der Waals surface area contributed by atoms with E-state index in [4.69, 9.17) is 10.8 Å². The Bertz CT molecular complexity index is 965. The first-order valence-corrected chi connectivity index (χ1v) is 11.8. The Hall–Kier alpha value is -3.67. The van der Waals surface area contributed by atoms with Crippen LogP contribution in [0.4, 0.5) is 0 Å². The number of benzene rings is 1. The van der Waals surface area contributed by atoms with Gasteiger partial charge in [0.15, 0.2) is 0 Å². The highest BCUT2D eigenvalue weighted by Gasteiger charge is 2.38. The fourth-order valence-electron chi connectivity index (χ4n) is 3.93. The number of aliphatic carboxylic acids is 2. The second-order valence-corrected chi connectivity index (χ2v) is 9.22. The Balaban J connectivity index is 2.29. The molecule has 0 spiro atoms. The van der Waals surface area contributed by atoms with E-state index in [2.05, 4.69) is 10.6 Å². The van der Waals surface area contributed by atoms with Crippen LogP contribution in [0.3, 0.4) is 0 Å². The van der Waals surface area contributed by atoms with Crippen molar-refractivity contribution in [3.05, 3.63) is 29.8 Å². The van der Waals surface area contributed by atoms with Crippen LogP contribution in [0.25, 0.3) is 0 Å². The van der Waals surface area contributed by atoms with Crippen LogP contribution in [-0.2, 0) is 30.4 Å². The number of phenolic OH excluding ortho intramolecular Hbond substituents is 1. The molecule has 1 saturated heterocycles. The summed E-state index contributed by atoms with van der Waals surface area (Å²) in [4.78, 5) is 63.0. The Morgan fingerprint density at radius 2 is 1.64 bits per heavy atom. The van der Waals surface area contributed by atoms with Gasteiger partial charge < -0.3 is 36.6 Å². The molecule has 4 atom stereocenters. The Morgan fingerprint density at radius 3 is 2.19 bits per heavy atom. The Morgan fingerprint density at radius 1 is 1.03 bits per heavy atom. The fraction of sp³-hybridized carbons (Fsp3) is 0.542. The summed E-state index contributed by atoms with van der Waals surface area (Å²) in [6.07, 6.45) is 0.107. The molecular formula is C24H34N4O8. The van der Waals surface area contributed by atoms with Gasteiger partial charge in [-0.15, -0.1) is 0 Å². The number of carboxylic acids is 2. The lowest BCUT2D eigenvalue weighted by Crippen LogP contribution is -2.58. The molecule has 1 aliphatic heterocycles. The zero-order valence-electron chi connectivity index (χ0n) is 20.3. The van der Waals surface area contributed by atoms with Gasteiger partial charge in [0.1, 0.15) is 23.9 Å². The van der Waals surface area contributed by atoms with Crippen molar-refractivity contribution < 1.29 is 39.3 Å². The lowest BCUT2D eigenvalue weighted by Gasteiger charge is -2.29. The van der Waals surface area contributed by atoms with Crippen molar-refractivity contribution in [1.82, 2.24) is 15.5 Å². The maximum absolute atomic E-state index is 13.4. The minimum absolute atomic E-state index is 0.00841. The number of likely N-dealkylation sites (tertiary alicyclic amines) is 1. The van der Waals surface area contributed by atoms with Crippen molar-refractivity contribution in [2.24, 2.45) is 11.7 Å². The number of nitrogens with two attached hydrogens (primary N) is 1. The molecule has 1 aromatic rings. The summed E-state index contributed by atoms with van der Waals surface area (Å²) < 4.78 is 0. The van der Waals surface area contributed by atoms with Crippen LogP contribution in [0.2, 0.25) is 0 Å². The molecule has 4 unspecified atom stereocenters. The van der Waals surface area contributed by atoms with E-state index < -0.39 is 60.2 Å². The summed E-state index contributed by atoms with van der Waals surface area (Å²) in [5.74, 6) is -4.58. The highest BCUT2D eigenvalue weighted by molar-refractivity contribution is 5.94. The third-order valence-electron chi connectivity index (χ3n) is 6.11. The smallest absolute Gasteiger partial charge is 0.326 e. The first-order valence-electron chi connectivity index (χ1n) is 11.8. The van der Waals surface area contributed by atoms with Crippen molar-refractivity contribution in [2.45, 2.75) is 70.1 Å². The van der Waals surface area contributed by atoms with Crippen LogP contribution in [-0.4, -0.2) is 80.6 Å². The SMILES string of the molecule is CC(C)C(N)C(=O)NC(CCC(=O)O)C(=O)NC(Cc1ccc(O)cc1)C(=O)N1CCCC1C(=O)O. The third kappa shape index (κ3) is 7.94. The Kier molecular flexibility index (Phi) is 10.2. The molecule has 1 fully saturated rings. The highest BCUT2D eigenvalue weighted by atomic mass is 16.4. The maximum atomic E-state index is 13.4. The van der Waals surface area contributed by atoms with Crippen LogP contribution in [0, 0.1) is 5.92 Å². The van der Waals surface area contributed by atoms with Crippen molar-refractivity contribution >= 4 is 29.7 Å². The summed E-state index contributed by atoms with van der Waals surface area (Å²) in [5, 5.41) is 33.2. The first-order chi connectivity index (χ1) is 16.9. The molecule has 2 rings (SSSR count). The summed E-state index contributed by atoms with van der Waals surface area (Å²) in [5.41, 5.74) is 6.45. The largest absolute Gasteiger partial charge is 0.508 e. The van der Waals surface area contributed by atoms with Gasteiger partial charge in [-0.1, -0.05) is 26.0 Å². The summed E-state index contributed by atoms with van der Waals surface area (Å²) in [6.45, 7) is 3.65. The maximum Gasteiger partial charge on any atom is 0.326 e. The fourth-order valence-corrected chi connectivity index (χ4v) is 3.93. The van der Waals surface area contributed by atoms with Crippen LogP contribution in [0.1, 0.15) is 45.1 Å². The number of carbonyl (C=O) groups is 5. The molecule has 0 aliphatic carbocycles. The molecule has 1 aliphatic rings. The molecule has 3 amide bonds. The number of hydrogen-bond donors (Lipinski definition) is 6. The topological polar surface area (TPSA) is 199 Å². The van der Waals surface area contributed by atoms with Crippen molar-refractivity contribution in [3.8, 4) is 5.75 Å². The number of carboxylic acid groups (broad SMARTS) is 2. The molecule has 198 valence electrons. The van der Waals surface area contributed by atoms with E-state index in [-0.39, 0.29) is 37.5 Å². The molecule has 0 radical (unpaired) electrons. The van der Waals surface area contributed by atoms with Crippen molar-refractivity contribution in [3.63, 3.8) is 0 Å². The van der Waals surface area contributed by atoms with Gasteiger partial charge in [0.25, 0.3) is 0 Å². The molecule has 36 heavy (non-hydrogen) atoms. The van der Waals surface area contributed by atoms with Crippen molar-refractivity contribution in [2.75, 3.05) is 6.54 Å². The third-order valence-corrected chi connectivity index (χ3v) is 6.11. The normalized spacial score (nSPS) is 17.8. The quantitative estimate of drug-likeness (QED) is 0.223. The van der Waals surface area contributed by atoms with E-state index in [0.29, 0.717) is 12.0 Å². The number of aromatic hydroxyl groups is 1. The van der Waals surface area contributed by atoms with Gasteiger partial charge in [0.05, 0.1) is 6.04 Å². The van der Waals surface area contributed by atoms with Gasteiger partial charge in [-0.05, 0) is 42.9 Å². The van der Waals surface area contributed by atoms with E-state index in [1.165, 1.54) is 17.0 Å². The van der Waals surface area contributed by atoms with Gasteiger partial charge in [0, 0.05) is 19.4 Å². The molecule has 0 aromatic heterocycles. The Labute approximate surface area is 208 Å². The lowest BCUT2D eigenvalue weighted by atomic mass is 10.0. The predicted octanol–water partition coefficient (Wildman–Crippen LogP) is -0.172. The highest BCUT2D eigenvalue weighted by Crippen LogP contribution is 2.20. The van der Waals surface area contributed by atoms with E-state index in [1.54, 1.807) is 26.0 Å².